The number of ketones is 1. The van der Waals surface area contributed by atoms with Gasteiger partial charge in [0.1, 0.15) is 23.6 Å². The SMILES string of the molecule is COc1ccc([C@H](NC(=O)[C@H](C)NC(=O)c2ccccc2OC(F)(F)F)C(=O)N[C@H](C(=O)C(F)(F)F)C(C)C)cc1. The molecule has 0 aliphatic heterocycles. The number of amides is 3. The van der Waals surface area contributed by atoms with E-state index in [-0.39, 0.29) is 5.56 Å². The molecule has 0 fully saturated rings. The number of benzene rings is 2. The van der Waals surface area contributed by atoms with Crippen molar-refractivity contribution in [2.24, 2.45) is 5.92 Å². The first-order valence-electron chi connectivity index (χ1n) is 12.0. The minimum absolute atomic E-state index is 0.0843. The van der Waals surface area contributed by atoms with E-state index in [2.05, 4.69) is 15.4 Å². The zero-order chi connectivity index (χ0) is 31.1. The van der Waals surface area contributed by atoms with Crippen molar-refractivity contribution in [3.63, 3.8) is 0 Å². The Morgan fingerprint density at radius 1 is 0.780 bits per heavy atom. The highest BCUT2D eigenvalue weighted by Crippen LogP contribution is 2.27. The van der Waals surface area contributed by atoms with E-state index in [1.165, 1.54) is 57.4 Å². The van der Waals surface area contributed by atoms with Gasteiger partial charge < -0.3 is 25.4 Å². The average molecular weight is 592 g/mol. The molecule has 15 heteroatoms. The molecular formula is C26H27F6N3O6. The second kappa shape index (κ2) is 13.4. The molecule has 0 aliphatic carbocycles. The molecule has 0 aromatic heterocycles. The van der Waals surface area contributed by atoms with Crippen LogP contribution in [-0.2, 0) is 14.4 Å². The molecule has 0 saturated heterocycles. The minimum atomic E-state index is -5.24. The van der Waals surface area contributed by atoms with Crippen LogP contribution in [0.2, 0.25) is 0 Å². The van der Waals surface area contributed by atoms with E-state index in [4.69, 9.17) is 4.74 Å². The highest BCUT2D eigenvalue weighted by Gasteiger charge is 2.45. The predicted molar refractivity (Wildman–Crippen MR) is 132 cm³/mol. The molecule has 0 heterocycles. The van der Waals surface area contributed by atoms with Crippen LogP contribution in [0, 0.1) is 5.92 Å². The summed E-state index contributed by atoms with van der Waals surface area (Å²) in [7, 11) is 1.36. The Morgan fingerprint density at radius 2 is 1.37 bits per heavy atom. The Morgan fingerprint density at radius 3 is 1.88 bits per heavy atom. The number of nitrogens with one attached hydrogen (secondary N) is 3. The third-order valence-corrected chi connectivity index (χ3v) is 5.62. The van der Waals surface area contributed by atoms with E-state index < -0.39 is 71.4 Å². The van der Waals surface area contributed by atoms with Gasteiger partial charge in [0, 0.05) is 0 Å². The van der Waals surface area contributed by atoms with E-state index in [0.717, 1.165) is 19.1 Å². The van der Waals surface area contributed by atoms with E-state index in [0.29, 0.717) is 5.75 Å². The molecule has 41 heavy (non-hydrogen) atoms. The summed E-state index contributed by atoms with van der Waals surface area (Å²) in [6, 6.07) is 4.81. The molecule has 0 bridgehead atoms. The van der Waals surface area contributed by atoms with Crippen LogP contribution >= 0.6 is 0 Å². The molecule has 0 radical (unpaired) electrons. The number of Topliss-reactive ketones (excluding diaryl/α,β-unsaturated/α-hetero) is 1. The molecule has 0 saturated carbocycles. The lowest BCUT2D eigenvalue weighted by Gasteiger charge is -2.26. The number of para-hydroxylation sites is 1. The van der Waals surface area contributed by atoms with Gasteiger partial charge in [0.05, 0.1) is 18.7 Å². The van der Waals surface area contributed by atoms with E-state index in [1.807, 2.05) is 5.32 Å². The fraction of sp³-hybridized carbons (Fsp3) is 0.385. The number of rotatable bonds is 11. The monoisotopic (exact) mass is 591 g/mol. The number of hydrogen-bond acceptors (Lipinski definition) is 6. The fourth-order valence-corrected chi connectivity index (χ4v) is 3.52. The van der Waals surface area contributed by atoms with Gasteiger partial charge in [-0.15, -0.1) is 13.2 Å². The molecule has 3 atom stereocenters. The average Bonchev–Trinajstić information content (AvgIpc) is 2.88. The molecule has 3 N–H and O–H groups in total. The summed E-state index contributed by atoms with van der Waals surface area (Å²) in [6.45, 7) is 3.73. The lowest BCUT2D eigenvalue weighted by Crippen LogP contribution is -2.54. The largest absolute Gasteiger partial charge is 0.573 e. The quantitative estimate of drug-likeness (QED) is 0.342. The second-order valence-electron chi connectivity index (χ2n) is 9.05. The van der Waals surface area contributed by atoms with Crippen LogP contribution < -0.4 is 25.4 Å². The van der Waals surface area contributed by atoms with E-state index in [9.17, 15) is 45.5 Å². The third-order valence-electron chi connectivity index (χ3n) is 5.62. The molecule has 3 amide bonds. The lowest BCUT2D eigenvalue weighted by atomic mass is 9.97. The lowest BCUT2D eigenvalue weighted by molar-refractivity contribution is -0.274. The number of ether oxygens (including phenoxy) is 2. The zero-order valence-corrected chi connectivity index (χ0v) is 22.1. The first kappa shape index (κ1) is 32.9. The van der Waals surface area contributed by atoms with Gasteiger partial charge in [0.15, 0.2) is 0 Å². The number of halogens is 6. The molecule has 0 unspecified atom stereocenters. The van der Waals surface area contributed by atoms with Crippen LogP contribution in [0.15, 0.2) is 48.5 Å². The summed E-state index contributed by atoms with van der Waals surface area (Å²) in [4.78, 5) is 50.6. The number of carbonyl (C=O) groups is 4. The van der Waals surface area contributed by atoms with Gasteiger partial charge in [0.25, 0.3) is 11.7 Å². The normalized spacial score (nSPS) is 13.9. The van der Waals surface area contributed by atoms with Crippen LogP contribution in [0.25, 0.3) is 0 Å². The minimum Gasteiger partial charge on any atom is -0.497 e. The van der Waals surface area contributed by atoms with Gasteiger partial charge in [-0.3, -0.25) is 19.2 Å². The maximum Gasteiger partial charge on any atom is 0.573 e. The van der Waals surface area contributed by atoms with Crippen LogP contribution in [-0.4, -0.2) is 55.2 Å². The maximum atomic E-state index is 13.1. The molecule has 0 spiro atoms. The van der Waals surface area contributed by atoms with Crippen molar-refractivity contribution >= 4 is 23.5 Å². The number of methoxy groups -OCH3 is 1. The maximum absolute atomic E-state index is 13.1. The van der Waals surface area contributed by atoms with Crippen molar-refractivity contribution in [3.8, 4) is 11.5 Å². The summed E-state index contributed by atoms with van der Waals surface area (Å²) in [5.41, 5.74) is -0.458. The van der Waals surface area contributed by atoms with E-state index >= 15 is 0 Å². The number of carbonyl (C=O) groups excluding carboxylic acids is 4. The van der Waals surface area contributed by atoms with Gasteiger partial charge in [-0.1, -0.05) is 38.1 Å². The molecule has 0 aliphatic rings. The summed E-state index contributed by atoms with van der Waals surface area (Å²) >= 11 is 0. The highest BCUT2D eigenvalue weighted by atomic mass is 19.4. The first-order valence-corrected chi connectivity index (χ1v) is 12.0. The van der Waals surface area contributed by atoms with Crippen LogP contribution in [0.4, 0.5) is 26.3 Å². The van der Waals surface area contributed by atoms with Crippen LogP contribution in [0.3, 0.4) is 0 Å². The number of alkyl halides is 6. The first-order chi connectivity index (χ1) is 18.9. The van der Waals surface area contributed by atoms with Crippen LogP contribution in [0.1, 0.15) is 42.7 Å². The van der Waals surface area contributed by atoms with E-state index in [1.54, 1.807) is 0 Å². The smallest absolute Gasteiger partial charge is 0.497 e. The van der Waals surface area contributed by atoms with Crippen molar-refractivity contribution in [3.05, 3.63) is 59.7 Å². The van der Waals surface area contributed by atoms with Gasteiger partial charge >= 0.3 is 12.5 Å². The zero-order valence-electron chi connectivity index (χ0n) is 22.1. The van der Waals surface area contributed by atoms with Gasteiger partial charge in [-0.25, -0.2) is 0 Å². The summed E-state index contributed by atoms with van der Waals surface area (Å²) in [5, 5.41) is 6.50. The molecule has 2 aromatic rings. The second-order valence-corrected chi connectivity index (χ2v) is 9.05. The Labute approximate surface area is 230 Å². The summed E-state index contributed by atoms with van der Waals surface area (Å²) < 4.78 is 86.4. The van der Waals surface area contributed by atoms with Crippen molar-refractivity contribution in [1.29, 1.82) is 0 Å². The van der Waals surface area contributed by atoms with Crippen molar-refractivity contribution in [1.82, 2.24) is 16.0 Å². The van der Waals surface area contributed by atoms with Gasteiger partial charge in [-0.2, -0.15) is 13.2 Å². The van der Waals surface area contributed by atoms with Crippen molar-refractivity contribution in [2.45, 2.75) is 51.4 Å². The predicted octanol–water partition coefficient (Wildman–Crippen LogP) is 3.84. The highest BCUT2D eigenvalue weighted by molar-refractivity contribution is 6.00. The van der Waals surface area contributed by atoms with Crippen molar-refractivity contribution in [2.75, 3.05) is 7.11 Å². The Kier molecular flexibility index (Phi) is 10.7. The third kappa shape index (κ3) is 9.39. The Bertz CT molecular complexity index is 1250. The number of hydrogen-bond donors (Lipinski definition) is 3. The Balaban J connectivity index is 2.30. The molecule has 2 aromatic carbocycles. The van der Waals surface area contributed by atoms with Crippen LogP contribution in [0.5, 0.6) is 11.5 Å². The fourth-order valence-electron chi connectivity index (χ4n) is 3.52. The topological polar surface area (TPSA) is 123 Å². The molecule has 224 valence electrons. The summed E-state index contributed by atoms with van der Waals surface area (Å²) in [5.74, 6) is -6.94. The molecule has 9 nitrogen and oxygen atoms in total. The standard InChI is InChI=1S/C26H27F6N3O6/c1-13(2)19(21(36)25(27,28)29)34-24(39)20(15-9-11-16(40-4)12-10-15)35-22(37)14(3)33-23(38)17-7-5-6-8-18(17)41-26(30,31)32/h5-14,19-20H,1-4H3,(H,33,38)(H,34,39)(H,35,37)/t14-,19-,20-/m0/s1. The summed E-state index contributed by atoms with van der Waals surface area (Å²) in [6.07, 6.45) is -10.3. The molecular weight excluding hydrogens is 564 g/mol. The van der Waals surface area contributed by atoms with Gasteiger partial charge in [0.2, 0.25) is 11.8 Å². The molecule has 2 rings (SSSR count). The van der Waals surface area contributed by atoms with Crippen molar-refractivity contribution < 1.29 is 55.0 Å². The van der Waals surface area contributed by atoms with Gasteiger partial charge in [-0.05, 0) is 42.7 Å². The Hall–Kier alpha value is -4.30.